The van der Waals surface area contributed by atoms with E-state index in [0.717, 1.165) is 12.0 Å². The van der Waals surface area contributed by atoms with Crippen LogP contribution in [0.1, 0.15) is 32.8 Å². The van der Waals surface area contributed by atoms with E-state index in [1.165, 1.54) is 25.1 Å². The number of rotatable bonds is 8. The Bertz CT molecular complexity index is 901. The van der Waals surface area contributed by atoms with Crippen LogP contribution in [0.4, 0.5) is 14.9 Å². The van der Waals surface area contributed by atoms with E-state index in [2.05, 4.69) is 5.32 Å². The molecular formula is C20H25FN2O4S. The number of carbonyl (C=O) groups excluding carboxylic acids is 1. The Hall–Kier alpha value is -2.61. The van der Waals surface area contributed by atoms with Gasteiger partial charge in [-0.25, -0.2) is 9.18 Å². The van der Waals surface area contributed by atoms with Gasteiger partial charge in [0, 0.05) is 18.3 Å². The lowest BCUT2D eigenvalue weighted by Crippen LogP contribution is -2.40. The molecule has 28 heavy (non-hydrogen) atoms. The van der Waals surface area contributed by atoms with E-state index in [1.54, 1.807) is 35.2 Å². The van der Waals surface area contributed by atoms with Gasteiger partial charge in [-0.3, -0.25) is 0 Å². The van der Waals surface area contributed by atoms with E-state index < -0.39 is 15.9 Å². The molecule has 0 aromatic heterocycles. The lowest BCUT2D eigenvalue weighted by molar-refractivity contribution is 0.187. The van der Waals surface area contributed by atoms with Gasteiger partial charge in [-0.15, -0.1) is 0 Å². The first-order chi connectivity index (χ1) is 13.2. The Morgan fingerprint density at radius 3 is 2.43 bits per heavy atom. The maximum Gasteiger partial charge on any atom is 0.322 e. The summed E-state index contributed by atoms with van der Waals surface area (Å²) < 4.78 is 41.4. The van der Waals surface area contributed by atoms with Crippen LogP contribution in [-0.2, 0) is 16.7 Å². The van der Waals surface area contributed by atoms with Crippen molar-refractivity contribution >= 4 is 21.8 Å². The van der Waals surface area contributed by atoms with Gasteiger partial charge in [-0.2, -0.15) is 8.42 Å². The third-order valence-corrected chi connectivity index (χ3v) is 5.47. The van der Waals surface area contributed by atoms with Crippen LogP contribution in [0.3, 0.4) is 0 Å². The van der Waals surface area contributed by atoms with Crippen LogP contribution in [-0.4, -0.2) is 31.1 Å². The molecule has 0 aliphatic carbocycles. The molecule has 0 bridgehead atoms. The van der Waals surface area contributed by atoms with Crippen molar-refractivity contribution in [3.8, 4) is 5.75 Å². The second kappa shape index (κ2) is 9.54. The van der Waals surface area contributed by atoms with Gasteiger partial charge in [0.25, 0.3) is 0 Å². The molecule has 0 saturated heterocycles. The second-order valence-corrected chi connectivity index (χ2v) is 8.26. The molecule has 6 nitrogen and oxygen atoms in total. The molecular weight excluding hydrogens is 383 g/mol. The molecule has 1 N–H and O–H groups in total. The number of anilines is 1. The van der Waals surface area contributed by atoms with Crippen LogP contribution in [0.5, 0.6) is 5.75 Å². The molecule has 0 radical (unpaired) electrons. The molecule has 0 saturated carbocycles. The molecule has 0 aliphatic rings. The van der Waals surface area contributed by atoms with Crippen molar-refractivity contribution in [3.63, 3.8) is 0 Å². The highest BCUT2D eigenvalue weighted by atomic mass is 32.2. The monoisotopic (exact) mass is 408 g/mol. The summed E-state index contributed by atoms with van der Waals surface area (Å²) in [5.41, 5.74) is 1.20. The Balaban J connectivity index is 2.12. The predicted octanol–water partition coefficient (Wildman–Crippen LogP) is 4.39. The van der Waals surface area contributed by atoms with Crippen molar-refractivity contribution in [3.05, 3.63) is 59.9 Å². The summed E-state index contributed by atoms with van der Waals surface area (Å²) in [7, 11) is -3.58. The van der Waals surface area contributed by atoms with Crippen molar-refractivity contribution in [2.24, 2.45) is 0 Å². The minimum absolute atomic E-state index is 0.0510. The number of urea groups is 1. The maximum absolute atomic E-state index is 13.4. The van der Waals surface area contributed by atoms with Crippen molar-refractivity contribution < 1.29 is 21.8 Å². The van der Waals surface area contributed by atoms with E-state index in [4.69, 9.17) is 4.18 Å². The lowest BCUT2D eigenvalue weighted by Gasteiger charge is -2.29. The van der Waals surface area contributed by atoms with Crippen molar-refractivity contribution in [2.45, 2.75) is 39.8 Å². The number of nitrogens with zero attached hydrogens (tertiary/aromatic N) is 1. The molecule has 1 unspecified atom stereocenters. The minimum Gasteiger partial charge on any atom is -0.382 e. The molecule has 1 atom stereocenters. The van der Waals surface area contributed by atoms with E-state index in [1.807, 2.05) is 13.8 Å². The topological polar surface area (TPSA) is 75.7 Å². The summed E-state index contributed by atoms with van der Waals surface area (Å²) in [6, 6.07) is 11.9. The number of hydrogen-bond acceptors (Lipinski definition) is 4. The Kier molecular flexibility index (Phi) is 7.39. The zero-order chi connectivity index (χ0) is 20.7. The fourth-order valence-electron chi connectivity index (χ4n) is 2.46. The number of benzene rings is 2. The lowest BCUT2D eigenvalue weighted by atomic mass is 10.1. The molecule has 2 aromatic carbocycles. The zero-order valence-electron chi connectivity index (χ0n) is 16.2. The van der Waals surface area contributed by atoms with Crippen LogP contribution in [0, 0.1) is 5.82 Å². The first-order valence-corrected chi connectivity index (χ1v) is 10.7. The smallest absolute Gasteiger partial charge is 0.322 e. The molecule has 0 aliphatic heterocycles. The molecule has 2 rings (SSSR count). The van der Waals surface area contributed by atoms with Crippen LogP contribution in [0.25, 0.3) is 0 Å². The van der Waals surface area contributed by atoms with Gasteiger partial charge in [-0.05, 0) is 56.2 Å². The minimum atomic E-state index is -3.58. The summed E-state index contributed by atoms with van der Waals surface area (Å²) in [6.07, 6.45) is 0.743. The fourth-order valence-corrected chi connectivity index (χ4v) is 2.98. The Labute approximate surface area is 165 Å². The van der Waals surface area contributed by atoms with Gasteiger partial charge in [0.1, 0.15) is 11.6 Å². The van der Waals surface area contributed by atoms with Crippen molar-refractivity contribution in [1.82, 2.24) is 4.90 Å². The van der Waals surface area contributed by atoms with Gasteiger partial charge in [0.05, 0.1) is 5.75 Å². The zero-order valence-corrected chi connectivity index (χ0v) is 17.0. The van der Waals surface area contributed by atoms with Gasteiger partial charge >= 0.3 is 16.1 Å². The van der Waals surface area contributed by atoms with Gasteiger partial charge in [0.2, 0.25) is 0 Å². The molecule has 152 valence electrons. The SMILES string of the molecule is CCC(C)N(Cc1ccc(OS(=O)(=O)CC)cc1)C(=O)Nc1cccc(F)c1. The summed E-state index contributed by atoms with van der Waals surface area (Å²) in [5.74, 6) is -0.313. The highest BCUT2D eigenvalue weighted by molar-refractivity contribution is 7.87. The summed E-state index contributed by atoms with van der Waals surface area (Å²) in [4.78, 5) is 14.4. The highest BCUT2D eigenvalue weighted by Gasteiger charge is 2.20. The number of nitrogens with one attached hydrogen (secondary N) is 1. The largest absolute Gasteiger partial charge is 0.382 e. The second-order valence-electron chi connectivity index (χ2n) is 6.40. The van der Waals surface area contributed by atoms with Crippen molar-refractivity contribution in [2.75, 3.05) is 11.1 Å². The summed E-state index contributed by atoms with van der Waals surface area (Å²) in [6.45, 7) is 5.72. The van der Waals surface area contributed by atoms with Crippen LogP contribution >= 0.6 is 0 Å². The average molecular weight is 408 g/mol. The quantitative estimate of drug-likeness (QED) is 0.658. The molecule has 8 heteroatoms. The standard InChI is InChI=1S/C20H25FN2O4S/c1-4-15(3)23(20(24)22-18-8-6-7-17(21)13-18)14-16-9-11-19(12-10-16)27-28(25,26)5-2/h6-13,15H,4-5,14H2,1-3H3,(H,22,24). The first kappa shape index (κ1) is 21.7. The maximum atomic E-state index is 13.4. The molecule has 0 spiro atoms. The number of halogens is 1. The van der Waals surface area contributed by atoms with E-state index in [9.17, 15) is 17.6 Å². The normalized spacial score (nSPS) is 12.3. The number of amides is 2. The highest BCUT2D eigenvalue weighted by Crippen LogP contribution is 2.19. The van der Waals surface area contributed by atoms with E-state index in [-0.39, 0.29) is 23.6 Å². The van der Waals surface area contributed by atoms with Gasteiger partial charge < -0.3 is 14.4 Å². The fraction of sp³-hybridized carbons (Fsp3) is 0.350. The first-order valence-electron chi connectivity index (χ1n) is 9.08. The van der Waals surface area contributed by atoms with Crippen LogP contribution in [0.2, 0.25) is 0 Å². The van der Waals surface area contributed by atoms with E-state index in [0.29, 0.717) is 12.2 Å². The predicted molar refractivity (Wildman–Crippen MR) is 107 cm³/mol. The number of hydrogen-bond donors (Lipinski definition) is 1. The van der Waals surface area contributed by atoms with E-state index >= 15 is 0 Å². The molecule has 2 aromatic rings. The third kappa shape index (κ3) is 6.23. The third-order valence-electron chi connectivity index (χ3n) is 4.31. The summed E-state index contributed by atoms with van der Waals surface area (Å²) in [5, 5.41) is 2.71. The number of carbonyl (C=O) groups is 1. The van der Waals surface area contributed by atoms with Crippen LogP contribution < -0.4 is 9.50 Å². The van der Waals surface area contributed by atoms with Gasteiger partial charge in [-0.1, -0.05) is 25.1 Å². The van der Waals surface area contributed by atoms with Crippen molar-refractivity contribution in [1.29, 1.82) is 0 Å². The average Bonchev–Trinajstić information content (AvgIpc) is 2.66. The van der Waals surface area contributed by atoms with Crippen LogP contribution in [0.15, 0.2) is 48.5 Å². The van der Waals surface area contributed by atoms with Gasteiger partial charge in [0.15, 0.2) is 0 Å². The molecule has 0 fully saturated rings. The Morgan fingerprint density at radius 2 is 1.86 bits per heavy atom. The summed E-state index contributed by atoms with van der Waals surface area (Å²) >= 11 is 0. The Morgan fingerprint density at radius 1 is 1.18 bits per heavy atom. The molecule has 0 heterocycles. The molecule has 2 amide bonds.